The lowest BCUT2D eigenvalue weighted by Crippen LogP contribution is -2.15. The van der Waals surface area contributed by atoms with Crippen molar-refractivity contribution in [2.24, 2.45) is 10.2 Å². The molecule has 0 fully saturated rings. The van der Waals surface area contributed by atoms with Crippen LogP contribution in [-0.2, 0) is 5.75 Å². The molecule has 1 aromatic heterocycles. The van der Waals surface area contributed by atoms with Gasteiger partial charge in [0.25, 0.3) is 0 Å². The number of methoxy groups -OCH3 is 1. The zero-order chi connectivity index (χ0) is 21.2. The molecule has 152 valence electrons. The molecule has 0 bridgehead atoms. The Labute approximate surface area is 184 Å². The largest absolute Gasteiger partial charge is 0.497 e. The van der Waals surface area contributed by atoms with Gasteiger partial charge in [-0.2, -0.15) is 10.4 Å². The maximum atomic E-state index is 9.29. The normalized spacial score (nSPS) is 14.6. The van der Waals surface area contributed by atoms with Gasteiger partial charge < -0.3 is 15.0 Å². The molecular formula is C24H19N5OS. The van der Waals surface area contributed by atoms with Crippen LogP contribution >= 0.6 is 11.8 Å². The van der Waals surface area contributed by atoms with Crippen molar-refractivity contribution in [2.75, 3.05) is 12.4 Å². The third-order valence-corrected chi connectivity index (χ3v) is 6.27. The number of aromatic nitrogens is 1. The number of ether oxygens (including phenoxy) is 1. The average molecular weight is 426 g/mol. The molecule has 1 atom stereocenters. The number of rotatable bonds is 5. The SMILES string of the molecule is COc1ccc(-c2cccc3[nH]c4c(c23)N=NC(SCc2ccccc2C#N)N4)cc1. The van der Waals surface area contributed by atoms with Gasteiger partial charge in [-0.15, -0.1) is 16.9 Å². The van der Waals surface area contributed by atoms with E-state index in [2.05, 4.69) is 32.7 Å². The number of hydrogen-bond acceptors (Lipinski definition) is 6. The summed E-state index contributed by atoms with van der Waals surface area (Å²) in [6.07, 6.45) is 0. The molecule has 2 N–H and O–H groups in total. The van der Waals surface area contributed by atoms with Gasteiger partial charge in [-0.25, -0.2) is 0 Å². The van der Waals surface area contributed by atoms with Gasteiger partial charge in [0.2, 0.25) is 0 Å². The van der Waals surface area contributed by atoms with Crippen molar-refractivity contribution in [1.29, 1.82) is 5.26 Å². The molecule has 5 rings (SSSR count). The Kier molecular flexibility index (Phi) is 5.06. The number of azo groups is 1. The van der Waals surface area contributed by atoms with Crippen molar-refractivity contribution in [2.45, 2.75) is 11.3 Å². The highest BCUT2D eigenvalue weighted by atomic mass is 32.2. The lowest BCUT2D eigenvalue weighted by atomic mass is 10.0. The third kappa shape index (κ3) is 3.62. The molecular weight excluding hydrogens is 406 g/mol. The fraction of sp³-hybridized carbons (Fsp3) is 0.125. The van der Waals surface area contributed by atoms with Gasteiger partial charge in [0.1, 0.15) is 17.3 Å². The number of H-pyrrole nitrogens is 1. The molecule has 31 heavy (non-hydrogen) atoms. The van der Waals surface area contributed by atoms with Crippen molar-refractivity contribution in [3.05, 3.63) is 77.9 Å². The molecule has 6 nitrogen and oxygen atoms in total. The fourth-order valence-corrected chi connectivity index (χ4v) is 4.61. The van der Waals surface area contributed by atoms with E-state index in [9.17, 15) is 5.26 Å². The highest BCUT2D eigenvalue weighted by Gasteiger charge is 2.22. The van der Waals surface area contributed by atoms with Crippen molar-refractivity contribution in [3.8, 4) is 22.9 Å². The first-order valence-corrected chi connectivity index (χ1v) is 10.9. The van der Waals surface area contributed by atoms with Crippen LogP contribution in [0.15, 0.2) is 77.0 Å². The molecule has 1 unspecified atom stereocenters. The van der Waals surface area contributed by atoms with E-state index in [-0.39, 0.29) is 5.50 Å². The number of nitrogens with one attached hydrogen (secondary N) is 2. The number of fused-ring (bicyclic) bond motifs is 3. The highest BCUT2D eigenvalue weighted by Crippen LogP contribution is 2.44. The van der Waals surface area contributed by atoms with Gasteiger partial charge >= 0.3 is 0 Å². The quantitative estimate of drug-likeness (QED) is 0.385. The van der Waals surface area contributed by atoms with Crippen LogP contribution < -0.4 is 10.1 Å². The standard InChI is InChI=1S/C24H19N5OS/c1-30-18-11-9-15(10-12-18)19-7-4-8-20-21(19)22-23(26-20)27-24(29-28-22)31-14-17-6-3-2-5-16(17)13-25/h2-12,24,26-27H,14H2,1H3. The number of benzene rings is 3. The van der Waals surface area contributed by atoms with Gasteiger partial charge in [-0.05, 0) is 41.0 Å². The Bertz CT molecular complexity index is 1320. The van der Waals surface area contributed by atoms with Crippen LogP contribution in [0.1, 0.15) is 11.1 Å². The van der Waals surface area contributed by atoms with E-state index in [0.717, 1.165) is 44.8 Å². The smallest absolute Gasteiger partial charge is 0.188 e. The molecule has 0 saturated heterocycles. The van der Waals surface area contributed by atoms with Gasteiger partial charge in [-0.1, -0.05) is 42.5 Å². The minimum atomic E-state index is -0.225. The Hall–Kier alpha value is -3.76. The van der Waals surface area contributed by atoms with Gasteiger partial charge in [0.05, 0.1) is 18.7 Å². The number of thioether (sulfide) groups is 1. The first-order chi connectivity index (χ1) is 15.3. The van der Waals surface area contributed by atoms with E-state index in [1.54, 1.807) is 18.9 Å². The molecule has 2 heterocycles. The summed E-state index contributed by atoms with van der Waals surface area (Å²) >= 11 is 1.60. The predicted molar refractivity (Wildman–Crippen MR) is 125 cm³/mol. The van der Waals surface area contributed by atoms with Gasteiger partial charge in [0, 0.05) is 16.7 Å². The van der Waals surface area contributed by atoms with E-state index in [1.165, 1.54) is 0 Å². The average Bonchev–Trinajstić information content (AvgIpc) is 3.21. The zero-order valence-corrected chi connectivity index (χ0v) is 17.6. The minimum absolute atomic E-state index is 0.225. The number of anilines is 1. The molecule has 0 spiro atoms. The summed E-state index contributed by atoms with van der Waals surface area (Å²) in [6.45, 7) is 0. The Morgan fingerprint density at radius 1 is 1.06 bits per heavy atom. The monoisotopic (exact) mass is 425 g/mol. The van der Waals surface area contributed by atoms with Crippen LogP contribution in [-0.4, -0.2) is 17.6 Å². The number of nitrogens with zero attached hydrogens (tertiary/aromatic N) is 3. The van der Waals surface area contributed by atoms with Gasteiger partial charge in [0.15, 0.2) is 5.50 Å². The van der Waals surface area contributed by atoms with E-state index >= 15 is 0 Å². The Morgan fingerprint density at radius 2 is 1.90 bits per heavy atom. The van der Waals surface area contributed by atoms with Crippen molar-refractivity contribution < 1.29 is 4.74 Å². The first-order valence-electron chi connectivity index (χ1n) is 9.83. The van der Waals surface area contributed by atoms with Crippen LogP contribution in [0.25, 0.3) is 22.0 Å². The molecule has 3 aromatic carbocycles. The summed E-state index contributed by atoms with van der Waals surface area (Å²) < 4.78 is 5.28. The van der Waals surface area contributed by atoms with Crippen LogP contribution in [0.4, 0.5) is 11.5 Å². The Balaban J connectivity index is 1.43. The molecule has 1 aliphatic rings. The molecule has 0 radical (unpaired) electrons. The van der Waals surface area contributed by atoms with E-state index in [4.69, 9.17) is 4.74 Å². The van der Waals surface area contributed by atoms with E-state index in [0.29, 0.717) is 11.3 Å². The molecule has 0 saturated carbocycles. The maximum Gasteiger partial charge on any atom is 0.188 e. The summed E-state index contributed by atoms with van der Waals surface area (Å²) in [5.74, 6) is 2.36. The highest BCUT2D eigenvalue weighted by molar-refractivity contribution is 7.99. The Morgan fingerprint density at radius 3 is 2.71 bits per heavy atom. The van der Waals surface area contributed by atoms with Crippen molar-refractivity contribution in [1.82, 2.24) is 4.98 Å². The number of nitriles is 1. The maximum absolute atomic E-state index is 9.29. The van der Waals surface area contributed by atoms with Crippen molar-refractivity contribution in [3.63, 3.8) is 0 Å². The predicted octanol–water partition coefficient (Wildman–Crippen LogP) is 6.44. The lowest BCUT2D eigenvalue weighted by molar-refractivity contribution is 0.415. The second-order valence-electron chi connectivity index (χ2n) is 7.10. The second kappa shape index (κ2) is 8.17. The van der Waals surface area contributed by atoms with Crippen LogP contribution in [0, 0.1) is 11.3 Å². The van der Waals surface area contributed by atoms with Crippen molar-refractivity contribution >= 4 is 34.2 Å². The fourth-order valence-electron chi connectivity index (χ4n) is 3.71. The van der Waals surface area contributed by atoms with E-state index in [1.807, 2.05) is 60.7 Å². The summed E-state index contributed by atoms with van der Waals surface area (Å²) in [6, 6.07) is 24.1. The summed E-state index contributed by atoms with van der Waals surface area (Å²) in [5.41, 5.74) is 5.47. The van der Waals surface area contributed by atoms with Crippen LogP contribution in [0.5, 0.6) is 5.75 Å². The summed E-state index contributed by atoms with van der Waals surface area (Å²) in [7, 11) is 1.66. The third-order valence-electron chi connectivity index (χ3n) is 5.26. The summed E-state index contributed by atoms with van der Waals surface area (Å²) in [4.78, 5) is 3.44. The van der Waals surface area contributed by atoms with Gasteiger partial charge in [-0.3, -0.25) is 0 Å². The second-order valence-corrected chi connectivity index (χ2v) is 8.17. The van der Waals surface area contributed by atoms with Crippen LogP contribution in [0.2, 0.25) is 0 Å². The minimum Gasteiger partial charge on any atom is -0.497 e. The number of aromatic amines is 1. The topological polar surface area (TPSA) is 85.6 Å². The molecule has 7 heteroatoms. The van der Waals surface area contributed by atoms with Crippen LogP contribution in [0.3, 0.4) is 0 Å². The molecule has 1 aliphatic heterocycles. The molecule has 0 amide bonds. The summed E-state index contributed by atoms with van der Waals surface area (Å²) in [5, 5.41) is 22.8. The van der Waals surface area contributed by atoms with E-state index < -0.39 is 0 Å². The molecule has 0 aliphatic carbocycles. The zero-order valence-electron chi connectivity index (χ0n) is 16.8. The first kappa shape index (κ1) is 19.2. The lowest BCUT2D eigenvalue weighted by Gasteiger charge is -2.17. The number of hydrogen-bond donors (Lipinski definition) is 2. The molecule has 4 aromatic rings.